The first-order chi connectivity index (χ1) is 20.7. The predicted molar refractivity (Wildman–Crippen MR) is 174 cm³/mol. The molecule has 1 unspecified atom stereocenters. The monoisotopic (exact) mass is 681 g/mol. The van der Waals surface area contributed by atoms with Crippen LogP contribution in [0, 0.1) is 0 Å². The van der Waals surface area contributed by atoms with Crippen LogP contribution in [0.3, 0.4) is 0 Å². The van der Waals surface area contributed by atoms with Crippen LogP contribution in [0.4, 0.5) is 5.69 Å². The highest BCUT2D eigenvalue weighted by molar-refractivity contribution is 9.10. The Morgan fingerprint density at radius 3 is 2.05 bits per heavy atom. The quantitative estimate of drug-likeness (QED) is 0.175. The zero-order valence-corrected chi connectivity index (χ0v) is 26.9. The van der Waals surface area contributed by atoms with Crippen molar-refractivity contribution in [2.45, 2.75) is 37.2 Å². The standard InChI is InChI=1S/C33H33BrClN3O4S/c1-2-21-36-33(40)31(22-25-9-5-3-6-10-25)37(23-26-13-17-28(35)18-14-26)32(39)24-38(29-19-15-27(34)16-20-29)43(41,42)30-11-7-4-8-12-30/h3-20,31H,2,21-24H2,1H3,(H,36,40). The highest BCUT2D eigenvalue weighted by Crippen LogP contribution is 2.26. The molecule has 2 amide bonds. The van der Waals surface area contributed by atoms with Gasteiger partial charge in [-0.2, -0.15) is 0 Å². The second-order valence-electron chi connectivity index (χ2n) is 9.95. The summed E-state index contributed by atoms with van der Waals surface area (Å²) in [6, 6.07) is 30.3. The topological polar surface area (TPSA) is 86.8 Å². The number of hydrogen-bond acceptors (Lipinski definition) is 4. The van der Waals surface area contributed by atoms with Gasteiger partial charge in [0.2, 0.25) is 11.8 Å². The molecule has 0 saturated carbocycles. The normalized spacial score (nSPS) is 11.9. The maximum atomic E-state index is 14.4. The zero-order chi connectivity index (χ0) is 30.8. The molecule has 0 bridgehead atoms. The van der Waals surface area contributed by atoms with Crippen molar-refractivity contribution in [2.75, 3.05) is 17.4 Å². The van der Waals surface area contributed by atoms with Crippen molar-refractivity contribution in [3.63, 3.8) is 0 Å². The molecular weight excluding hydrogens is 650 g/mol. The third kappa shape index (κ3) is 8.69. The molecule has 43 heavy (non-hydrogen) atoms. The van der Waals surface area contributed by atoms with E-state index in [0.29, 0.717) is 17.3 Å². The third-order valence-corrected chi connectivity index (χ3v) is 9.38. The molecule has 1 N–H and O–H groups in total. The van der Waals surface area contributed by atoms with Crippen molar-refractivity contribution in [3.8, 4) is 0 Å². The fraction of sp³-hybridized carbons (Fsp3) is 0.212. The second-order valence-corrected chi connectivity index (χ2v) is 13.2. The molecule has 10 heteroatoms. The van der Waals surface area contributed by atoms with E-state index in [-0.39, 0.29) is 23.8 Å². The highest BCUT2D eigenvalue weighted by Gasteiger charge is 2.34. The molecule has 0 fully saturated rings. The lowest BCUT2D eigenvalue weighted by atomic mass is 10.0. The number of nitrogens with one attached hydrogen (secondary N) is 1. The molecule has 0 radical (unpaired) electrons. The highest BCUT2D eigenvalue weighted by atomic mass is 79.9. The molecule has 0 heterocycles. The van der Waals surface area contributed by atoms with Gasteiger partial charge in [-0.3, -0.25) is 13.9 Å². The Bertz CT molecular complexity index is 1600. The minimum atomic E-state index is -4.14. The predicted octanol–water partition coefficient (Wildman–Crippen LogP) is 6.46. The van der Waals surface area contributed by atoms with E-state index in [2.05, 4.69) is 21.2 Å². The van der Waals surface area contributed by atoms with E-state index < -0.39 is 28.5 Å². The van der Waals surface area contributed by atoms with E-state index in [0.717, 1.165) is 26.3 Å². The summed E-state index contributed by atoms with van der Waals surface area (Å²) in [4.78, 5) is 29.5. The molecular formula is C33H33BrClN3O4S. The fourth-order valence-corrected chi connectivity index (χ4v) is 6.39. The Morgan fingerprint density at radius 2 is 1.44 bits per heavy atom. The zero-order valence-electron chi connectivity index (χ0n) is 23.7. The maximum absolute atomic E-state index is 14.4. The van der Waals surface area contributed by atoms with Gasteiger partial charge < -0.3 is 10.2 Å². The Kier molecular flexibility index (Phi) is 11.4. The first-order valence-corrected chi connectivity index (χ1v) is 16.5. The summed E-state index contributed by atoms with van der Waals surface area (Å²) in [5.74, 6) is -0.834. The van der Waals surface area contributed by atoms with E-state index >= 15 is 0 Å². The summed E-state index contributed by atoms with van der Waals surface area (Å²) in [5.41, 5.74) is 1.94. The molecule has 0 aliphatic heterocycles. The van der Waals surface area contributed by atoms with Crippen molar-refractivity contribution >= 4 is 55.1 Å². The number of amides is 2. The van der Waals surface area contributed by atoms with Crippen LogP contribution in [0.1, 0.15) is 24.5 Å². The van der Waals surface area contributed by atoms with Crippen molar-refractivity contribution in [1.82, 2.24) is 10.2 Å². The van der Waals surface area contributed by atoms with Crippen LogP contribution < -0.4 is 9.62 Å². The number of anilines is 1. The number of nitrogens with zero attached hydrogens (tertiary/aromatic N) is 2. The van der Waals surface area contributed by atoms with Gasteiger partial charge in [-0.15, -0.1) is 0 Å². The van der Waals surface area contributed by atoms with Crippen LogP contribution in [0.2, 0.25) is 5.02 Å². The number of hydrogen-bond donors (Lipinski definition) is 1. The Labute approximate surface area is 266 Å². The van der Waals surface area contributed by atoms with Crippen LogP contribution in [0.25, 0.3) is 0 Å². The van der Waals surface area contributed by atoms with E-state index in [1.807, 2.05) is 37.3 Å². The Balaban J connectivity index is 1.78. The first kappa shape index (κ1) is 32.3. The number of rotatable bonds is 13. The molecule has 0 spiro atoms. The van der Waals surface area contributed by atoms with Crippen molar-refractivity contribution in [1.29, 1.82) is 0 Å². The summed E-state index contributed by atoms with van der Waals surface area (Å²) in [7, 11) is -4.14. The van der Waals surface area contributed by atoms with Gasteiger partial charge in [-0.05, 0) is 66.1 Å². The van der Waals surface area contributed by atoms with Gasteiger partial charge in [-0.25, -0.2) is 8.42 Å². The summed E-state index contributed by atoms with van der Waals surface area (Å²) in [5, 5.41) is 3.48. The van der Waals surface area contributed by atoms with E-state index in [1.54, 1.807) is 66.7 Å². The lowest BCUT2D eigenvalue weighted by Gasteiger charge is -2.34. The van der Waals surface area contributed by atoms with Gasteiger partial charge in [0.25, 0.3) is 10.0 Å². The summed E-state index contributed by atoms with van der Waals surface area (Å²) >= 11 is 9.52. The number of sulfonamides is 1. The summed E-state index contributed by atoms with van der Waals surface area (Å²) in [6.45, 7) is 1.96. The van der Waals surface area contributed by atoms with Gasteiger partial charge in [-0.1, -0.05) is 95.1 Å². The molecule has 4 aromatic carbocycles. The molecule has 4 aromatic rings. The second kappa shape index (κ2) is 15.2. The van der Waals surface area contributed by atoms with Gasteiger partial charge in [0.1, 0.15) is 12.6 Å². The maximum Gasteiger partial charge on any atom is 0.264 e. The molecule has 0 aromatic heterocycles. The summed E-state index contributed by atoms with van der Waals surface area (Å²) < 4.78 is 29.8. The average molecular weight is 683 g/mol. The van der Waals surface area contributed by atoms with E-state index in [9.17, 15) is 18.0 Å². The molecule has 1 atom stereocenters. The Morgan fingerprint density at radius 1 is 0.837 bits per heavy atom. The van der Waals surface area contributed by atoms with Gasteiger partial charge in [0, 0.05) is 29.0 Å². The minimum absolute atomic E-state index is 0.0523. The molecule has 7 nitrogen and oxygen atoms in total. The third-order valence-electron chi connectivity index (χ3n) is 6.81. The summed E-state index contributed by atoms with van der Waals surface area (Å²) in [6.07, 6.45) is 0.973. The van der Waals surface area contributed by atoms with Gasteiger partial charge >= 0.3 is 0 Å². The number of benzene rings is 4. The molecule has 0 aliphatic rings. The smallest absolute Gasteiger partial charge is 0.264 e. The van der Waals surface area contributed by atoms with Crippen LogP contribution >= 0.6 is 27.5 Å². The first-order valence-electron chi connectivity index (χ1n) is 13.9. The molecule has 224 valence electrons. The number of carbonyl (C=O) groups excluding carboxylic acids is 2. The van der Waals surface area contributed by atoms with Gasteiger partial charge in [0.05, 0.1) is 10.6 Å². The van der Waals surface area contributed by atoms with Crippen molar-refractivity contribution in [3.05, 3.63) is 130 Å². The molecule has 0 aliphatic carbocycles. The number of carbonyl (C=O) groups is 2. The lowest BCUT2D eigenvalue weighted by Crippen LogP contribution is -2.53. The van der Waals surface area contributed by atoms with E-state index in [1.165, 1.54) is 17.0 Å². The SMILES string of the molecule is CCCNC(=O)C(Cc1ccccc1)N(Cc1ccc(Cl)cc1)C(=O)CN(c1ccc(Br)cc1)S(=O)(=O)c1ccccc1. The number of halogens is 2. The average Bonchev–Trinajstić information content (AvgIpc) is 3.02. The van der Waals surface area contributed by atoms with E-state index in [4.69, 9.17) is 11.6 Å². The van der Waals surface area contributed by atoms with Crippen molar-refractivity contribution < 1.29 is 18.0 Å². The van der Waals surface area contributed by atoms with Crippen LogP contribution in [0.5, 0.6) is 0 Å². The largest absolute Gasteiger partial charge is 0.354 e. The van der Waals surface area contributed by atoms with Crippen LogP contribution in [-0.2, 0) is 32.6 Å². The lowest BCUT2D eigenvalue weighted by molar-refractivity contribution is -0.140. The fourth-order valence-electron chi connectivity index (χ4n) is 4.56. The van der Waals surface area contributed by atoms with Crippen molar-refractivity contribution in [2.24, 2.45) is 0 Å². The minimum Gasteiger partial charge on any atom is -0.354 e. The van der Waals surface area contributed by atoms with Crippen LogP contribution in [-0.4, -0.2) is 44.3 Å². The van der Waals surface area contributed by atoms with Crippen LogP contribution in [0.15, 0.2) is 119 Å². The molecule has 4 rings (SSSR count). The molecule has 0 saturated heterocycles. The van der Waals surface area contributed by atoms with Gasteiger partial charge in [0.15, 0.2) is 0 Å². The Hall–Kier alpha value is -3.66.